The van der Waals surface area contributed by atoms with Crippen LogP contribution in [-0.2, 0) is 0 Å². The van der Waals surface area contributed by atoms with E-state index in [9.17, 15) is 0 Å². The molecule has 1 fully saturated rings. The fourth-order valence-corrected chi connectivity index (χ4v) is 2.93. The first-order valence-electron chi connectivity index (χ1n) is 8.80. The highest BCUT2D eigenvalue weighted by molar-refractivity contribution is 6.02. The van der Waals surface area contributed by atoms with E-state index in [4.69, 9.17) is 9.98 Å². The van der Waals surface area contributed by atoms with Crippen LogP contribution in [0.4, 0.5) is 5.69 Å². The number of rotatable bonds is 2. The molecule has 0 radical (unpaired) electrons. The average Bonchev–Trinajstić information content (AvgIpc) is 2.55. The molecular formula is C19H31N5. The van der Waals surface area contributed by atoms with Gasteiger partial charge < -0.3 is 15.1 Å². The Morgan fingerprint density at radius 3 is 2.08 bits per heavy atom. The zero-order chi connectivity index (χ0) is 17.5. The molecule has 1 aromatic rings. The second-order valence-electron chi connectivity index (χ2n) is 6.94. The van der Waals surface area contributed by atoms with Gasteiger partial charge in [0.05, 0.1) is 6.04 Å². The van der Waals surface area contributed by atoms with Crippen molar-refractivity contribution in [3.05, 3.63) is 29.8 Å². The number of anilines is 1. The second-order valence-corrected chi connectivity index (χ2v) is 6.94. The first-order valence-corrected chi connectivity index (χ1v) is 8.80. The van der Waals surface area contributed by atoms with Gasteiger partial charge in [-0.1, -0.05) is 37.0 Å². The molecule has 1 aliphatic rings. The normalized spacial score (nSPS) is 15.8. The predicted molar refractivity (Wildman–Crippen MR) is 104 cm³/mol. The first-order chi connectivity index (χ1) is 11.5. The van der Waals surface area contributed by atoms with Crippen LogP contribution in [0.3, 0.4) is 0 Å². The van der Waals surface area contributed by atoms with Crippen LogP contribution in [0.1, 0.15) is 37.7 Å². The summed E-state index contributed by atoms with van der Waals surface area (Å²) in [5, 5.41) is 3.40. The number of nitrogens with zero attached hydrogens (tertiary/aromatic N) is 4. The van der Waals surface area contributed by atoms with Gasteiger partial charge in [0.2, 0.25) is 11.9 Å². The highest BCUT2D eigenvalue weighted by Crippen LogP contribution is 2.21. The maximum Gasteiger partial charge on any atom is 0.226 e. The van der Waals surface area contributed by atoms with Crippen LogP contribution in [0, 0.1) is 6.92 Å². The van der Waals surface area contributed by atoms with E-state index in [2.05, 4.69) is 36.5 Å². The lowest BCUT2D eigenvalue weighted by Gasteiger charge is -2.24. The highest BCUT2D eigenvalue weighted by Gasteiger charge is 2.14. The summed E-state index contributed by atoms with van der Waals surface area (Å²) < 4.78 is 0. The van der Waals surface area contributed by atoms with Gasteiger partial charge in [-0.25, -0.2) is 4.99 Å². The fraction of sp³-hybridized carbons (Fsp3) is 0.579. The van der Waals surface area contributed by atoms with Crippen LogP contribution < -0.4 is 5.32 Å². The molecule has 24 heavy (non-hydrogen) atoms. The minimum absolute atomic E-state index is 0.376. The quantitative estimate of drug-likeness (QED) is 0.666. The zero-order valence-corrected chi connectivity index (χ0v) is 15.7. The van der Waals surface area contributed by atoms with Crippen molar-refractivity contribution in [3.63, 3.8) is 0 Å². The van der Waals surface area contributed by atoms with Gasteiger partial charge in [0, 0.05) is 33.9 Å². The summed E-state index contributed by atoms with van der Waals surface area (Å²) in [4.78, 5) is 13.7. The Hall–Kier alpha value is -2.04. The number of guanidine groups is 2. The molecule has 1 aromatic carbocycles. The van der Waals surface area contributed by atoms with Crippen molar-refractivity contribution in [3.8, 4) is 0 Å². The lowest BCUT2D eigenvalue weighted by atomic mass is 9.96. The highest BCUT2D eigenvalue weighted by atomic mass is 15.4. The van der Waals surface area contributed by atoms with Crippen molar-refractivity contribution < 1.29 is 0 Å². The van der Waals surface area contributed by atoms with E-state index in [0.29, 0.717) is 12.0 Å². The molecule has 0 saturated heterocycles. The molecule has 0 unspecified atom stereocenters. The number of nitrogens with one attached hydrogen (secondary N) is 1. The summed E-state index contributed by atoms with van der Waals surface area (Å²) in [5.74, 6) is 1.58. The summed E-state index contributed by atoms with van der Waals surface area (Å²) in [6.07, 6.45) is 6.19. The summed E-state index contributed by atoms with van der Waals surface area (Å²) in [5.41, 5.74) is 2.27. The molecule has 2 rings (SSSR count). The molecule has 1 saturated carbocycles. The summed E-state index contributed by atoms with van der Waals surface area (Å²) in [6, 6.07) is 8.73. The van der Waals surface area contributed by atoms with Gasteiger partial charge in [0.25, 0.3) is 0 Å². The van der Waals surface area contributed by atoms with E-state index >= 15 is 0 Å². The van der Waals surface area contributed by atoms with Crippen molar-refractivity contribution in [2.45, 2.75) is 45.1 Å². The zero-order valence-electron chi connectivity index (χ0n) is 15.7. The summed E-state index contributed by atoms with van der Waals surface area (Å²) in [6.45, 7) is 2.09. The number of hydrogen-bond acceptors (Lipinski definition) is 1. The Morgan fingerprint density at radius 2 is 1.54 bits per heavy atom. The summed E-state index contributed by atoms with van der Waals surface area (Å²) in [7, 11) is 8.01. The molecule has 0 aromatic heterocycles. The number of aryl methyl sites for hydroxylation is 1. The van der Waals surface area contributed by atoms with Crippen LogP contribution >= 0.6 is 0 Å². The Labute approximate surface area is 146 Å². The molecular weight excluding hydrogens is 298 g/mol. The minimum Gasteiger partial charge on any atom is -0.349 e. The summed E-state index contributed by atoms with van der Waals surface area (Å²) >= 11 is 0. The number of aliphatic imine (C=N–C) groups is 2. The molecule has 1 aliphatic carbocycles. The Bertz CT molecular complexity index is 556. The van der Waals surface area contributed by atoms with E-state index in [1.165, 1.54) is 24.8 Å². The van der Waals surface area contributed by atoms with Gasteiger partial charge in [0.1, 0.15) is 0 Å². The van der Waals surface area contributed by atoms with E-state index in [-0.39, 0.29) is 0 Å². The van der Waals surface area contributed by atoms with Crippen LogP contribution in [-0.4, -0.2) is 56.0 Å². The predicted octanol–water partition coefficient (Wildman–Crippen LogP) is 3.57. The Balaban J connectivity index is 2.27. The second kappa shape index (κ2) is 8.71. The third-order valence-electron chi connectivity index (χ3n) is 4.19. The van der Waals surface area contributed by atoms with Gasteiger partial charge in [-0.05, 0) is 31.9 Å². The molecule has 0 bridgehead atoms. The maximum absolute atomic E-state index is 4.92. The van der Waals surface area contributed by atoms with E-state index in [0.717, 1.165) is 24.5 Å². The first kappa shape index (κ1) is 18.3. The smallest absolute Gasteiger partial charge is 0.226 e. The molecule has 132 valence electrons. The van der Waals surface area contributed by atoms with Gasteiger partial charge in [-0.2, -0.15) is 4.99 Å². The largest absolute Gasteiger partial charge is 0.349 e. The van der Waals surface area contributed by atoms with Crippen molar-refractivity contribution in [1.82, 2.24) is 9.80 Å². The Morgan fingerprint density at radius 1 is 0.958 bits per heavy atom. The van der Waals surface area contributed by atoms with Crippen LogP contribution in [0.25, 0.3) is 0 Å². The SMILES string of the molecule is Cc1ccc(NC(=NC2CCCCC2)N=C(N(C)C)N(C)C)cc1. The lowest BCUT2D eigenvalue weighted by molar-refractivity contribution is 0.443. The van der Waals surface area contributed by atoms with Crippen LogP contribution in [0.15, 0.2) is 34.3 Å². The van der Waals surface area contributed by atoms with Crippen molar-refractivity contribution >= 4 is 17.6 Å². The van der Waals surface area contributed by atoms with Crippen molar-refractivity contribution in [2.24, 2.45) is 9.98 Å². The van der Waals surface area contributed by atoms with Gasteiger partial charge >= 0.3 is 0 Å². The average molecular weight is 329 g/mol. The molecule has 0 amide bonds. The molecule has 1 N–H and O–H groups in total. The van der Waals surface area contributed by atoms with E-state index < -0.39 is 0 Å². The van der Waals surface area contributed by atoms with Gasteiger partial charge in [0.15, 0.2) is 0 Å². The number of benzene rings is 1. The fourth-order valence-electron chi connectivity index (χ4n) is 2.93. The molecule has 0 atom stereocenters. The topological polar surface area (TPSA) is 43.2 Å². The monoisotopic (exact) mass is 329 g/mol. The van der Waals surface area contributed by atoms with Gasteiger partial charge in [-0.3, -0.25) is 0 Å². The third kappa shape index (κ3) is 5.55. The van der Waals surface area contributed by atoms with Crippen LogP contribution in [0.5, 0.6) is 0 Å². The molecule has 5 heteroatoms. The molecule has 0 heterocycles. The number of hydrogen-bond donors (Lipinski definition) is 1. The van der Waals surface area contributed by atoms with Crippen LogP contribution in [0.2, 0.25) is 0 Å². The molecule has 5 nitrogen and oxygen atoms in total. The van der Waals surface area contributed by atoms with E-state index in [1.54, 1.807) is 0 Å². The van der Waals surface area contributed by atoms with Gasteiger partial charge in [-0.15, -0.1) is 0 Å². The standard InChI is InChI=1S/C19H31N5/c1-15-11-13-17(14-12-15)21-18(20-16-9-7-6-8-10-16)22-19(23(2)3)24(4)5/h11-14,16H,6-10H2,1-5H3,(H,20,21). The van der Waals surface area contributed by atoms with Crippen molar-refractivity contribution in [2.75, 3.05) is 33.5 Å². The van der Waals surface area contributed by atoms with E-state index in [1.807, 2.05) is 38.0 Å². The molecule has 0 aliphatic heterocycles. The third-order valence-corrected chi connectivity index (χ3v) is 4.19. The Kier molecular flexibility index (Phi) is 6.64. The minimum atomic E-state index is 0.376. The molecule has 0 spiro atoms. The maximum atomic E-state index is 4.92. The lowest BCUT2D eigenvalue weighted by Crippen LogP contribution is -2.37. The van der Waals surface area contributed by atoms with Crippen molar-refractivity contribution in [1.29, 1.82) is 0 Å².